The molecule has 1 aliphatic heterocycles. The van der Waals surface area contributed by atoms with Gasteiger partial charge < -0.3 is 15.3 Å². The van der Waals surface area contributed by atoms with Crippen molar-refractivity contribution in [2.24, 2.45) is 0 Å². The molecule has 1 unspecified atom stereocenters. The summed E-state index contributed by atoms with van der Waals surface area (Å²) in [6, 6.07) is -0.890. The number of carboxylic acid groups (broad SMARTS) is 1. The minimum absolute atomic E-state index is 0.231. The van der Waals surface area contributed by atoms with E-state index in [1.165, 1.54) is 4.90 Å². The number of carbonyl (C=O) groups excluding carboxylic acids is 1. The molecule has 6 heteroatoms. The summed E-state index contributed by atoms with van der Waals surface area (Å²) >= 11 is 1.74. The highest BCUT2D eigenvalue weighted by Crippen LogP contribution is 2.17. The van der Waals surface area contributed by atoms with Crippen molar-refractivity contribution >= 4 is 23.8 Å². The molecule has 104 valence electrons. The van der Waals surface area contributed by atoms with Crippen LogP contribution in [0.3, 0.4) is 0 Å². The molecule has 0 bridgehead atoms. The summed E-state index contributed by atoms with van der Waals surface area (Å²) in [5.74, 6) is 0.110. The van der Waals surface area contributed by atoms with Crippen LogP contribution in [0.4, 0.5) is 4.79 Å². The minimum atomic E-state index is -0.892. The minimum Gasteiger partial charge on any atom is -0.480 e. The number of rotatable bonds is 5. The van der Waals surface area contributed by atoms with Gasteiger partial charge in [-0.2, -0.15) is 11.8 Å². The third-order valence-corrected chi connectivity index (χ3v) is 3.80. The van der Waals surface area contributed by atoms with Gasteiger partial charge in [0, 0.05) is 13.1 Å². The number of thioether (sulfide) groups is 1. The molecule has 0 aromatic heterocycles. The van der Waals surface area contributed by atoms with Gasteiger partial charge >= 0.3 is 12.0 Å². The second kappa shape index (κ2) is 8.24. The molecule has 2 amide bonds. The Kier molecular flexibility index (Phi) is 6.93. The van der Waals surface area contributed by atoms with E-state index in [4.69, 9.17) is 5.11 Å². The number of hydrogen-bond acceptors (Lipinski definition) is 3. The molecule has 18 heavy (non-hydrogen) atoms. The fraction of sp³-hybridized carbons (Fsp3) is 0.833. The van der Waals surface area contributed by atoms with E-state index in [1.54, 1.807) is 11.8 Å². The monoisotopic (exact) mass is 274 g/mol. The van der Waals surface area contributed by atoms with Gasteiger partial charge in [-0.15, -0.1) is 0 Å². The van der Waals surface area contributed by atoms with Gasteiger partial charge in [-0.1, -0.05) is 12.8 Å². The average Bonchev–Trinajstić information content (AvgIpc) is 2.59. The molecule has 0 aromatic rings. The summed E-state index contributed by atoms with van der Waals surface area (Å²) in [6.07, 6.45) is 6.28. The van der Waals surface area contributed by atoms with Crippen LogP contribution in [-0.4, -0.2) is 53.1 Å². The molecule has 0 spiro atoms. The first-order valence-electron chi connectivity index (χ1n) is 6.43. The highest BCUT2D eigenvalue weighted by Gasteiger charge is 2.30. The summed E-state index contributed by atoms with van der Waals surface area (Å²) in [5.41, 5.74) is 0. The molecular weight excluding hydrogens is 252 g/mol. The Bertz CT molecular complexity index is 286. The lowest BCUT2D eigenvalue weighted by Crippen LogP contribution is -2.49. The van der Waals surface area contributed by atoms with Crippen LogP contribution in [0.25, 0.3) is 0 Å². The first-order valence-corrected chi connectivity index (χ1v) is 7.82. The van der Waals surface area contributed by atoms with E-state index >= 15 is 0 Å². The molecule has 1 aliphatic rings. The largest absolute Gasteiger partial charge is 0.480 e. The highest BCUT2D eigenvalue weighted by molar-refractivity contribution is 7.98. The summed E-state index contributed by atoms with van der Waals surface area (Å²) in [4.78, 5) is 24.6. The van der Waals surface area contributed by atoms with E-state index < -0.39 is 12.0 Å². The molecule has 1 heterocycles. The van der Waals surface area contributed by atoms with Crippen molar-refractivity contribution in [2.75, 3.05) is 25.1 Å². The average molecular weight is 274 g/mol. The SMILES string of the molecule is CSCCCNC(=O)N1CCCCCC1C(=O)O. The van der Waals surface area contributed by atoms with Gasteiger partial charge in [0.05, 0.1) is 0 Å². The van der Waals surface area contributed by atoms with Crippen molar-refractivity contribution in [3.8, 4) is 0 Å². The van der Waals surface area contributed by atoms with Crippen molar-refractivity contribution in [2.45, 2.75) is 38.1 Å². The Hall–Kier alpha value is -0.910. The zero-order valence-electron chi connectivity index (χ0n) is 10.9. The molecule has 0 aromatic carbocycles. The highest BCUT2D eigenvalue weighted by atomic mass is 32.2. The molecule has 0 radical (unpaired) electrons. The predicted octanol–water partition coefficient (Wildman–Crippen LogP) is 1.78. The summed E-state index contributed by atoms with van der Waals surface area (Å²) in [6.45, 7) is 1.16. The van der Waals surface area contributed by atoms with Crippen LogP contribution in [-0.2, 0) is 4.79 Å². The van der Waals surface area contributed by atoms with Crippen LogP contribution in [0.1, 0.15) is 32.1 Å². The van der Waals surface area contributed by atoms with E-state index in [9.17, 15) is 9.59 Å². The molecule has 1 saturated heterocycles. The van der Waals surface area contributed by atoms with Crippen molar-refractivity contribution in [3.63, 3.8) is 0 Å². The van der Waals surface area contributed by atoms with E-state index in [2.05, 4.69) is 5.32 Å². The fourth-order valence-corrected chi connectivity index (χ4v) is 2.55. The zero-order valence-corrected chi connectivity index (χ0v) is 11.7. The topological polar surface area (TPSA) is 69.6 Å². The number of carbonyl (C=O) groups is 2. The molecule has 1 rings (SSSR count). The van der Waals surface area contributed by atoms with Gasteiger partial charge in [0.1, 0.15) is 6.04 Å². The van der Waals surface area contributed by atoms with Crippen molar-refractivity contribution < 1.29 is 14.7 Å². The lowest BCUT2D eigenvalue weighted by atomic mass is 10.1. The van der Waals surface area contributed by atoms with E-state index in [1.807, 2.05) is 6.26 Å². The first kappa shape index (κ1) is 15.1. The van der Waals surface area contributed by atoms with E-state index in [0.717, 1.165) is 31.4 Å². The molecule has 0 saturated carbocycles. The van der Waals surface area contributed by atoms with Gasteiger partial charge in [-0.25, -0.2) is 9.59 Å². The van der Waals surface area contributed by atoms with Crippen LogP contribution in [0.5, 0.6) is 0 Å². The number of amides is 2. The first-order chi connectivity index (χ1) is 8.66. The van der Waals surface area contributed by atoms with Crippen LogP contribution in [0.2, 0.25) is 0 Å². The second-order valence-electron chi connectivity index (χ2n) is 4.48. The molecular formula is C12H22N2O3S. The normalized spacial score (nSPS) is 20.3. The van der Waals surface area contributed by atoms with Crippen LogP contribution in [0.15, 0.2) is 0 Å². The number of hydrogen-bond donors (Lipinski definition) is 2. The molecule has 1 fully saturated rings. The molecule has 2 N–H and O–H groups in total. The molecule has 5 nitrogen and oxygen atoms in total. The van der Waals surface area contributed by atoms with E-state index in [-0.39, 0.29) is 6.03 Å². The number of likely N-dealkylation sites (tertiary alicyclic amines) is 1. The molecule has 1 atom stereocenters. The Morgan fingerprint density at radius 3 is 2.83 bits per heavy atom. The van der Waals surface area contributed by atoms with Gasteiger partial charge in [0.25, 0.3) is 0 Å². The Morgan fingerprint density at radius 2 is 2.17 bits per heavy atom. The van der Waals surface area contributed by atoms with Crippen LogP contribution >= 0.6 is 11.8 Å². The Morgan fingerprint density at radius 1 is 1.39 bits per heavy atom. The fourth-order valence-electron chi connectivity index (χ4n) is 2.12. The zero-order chi connectivity index (χ0) is 13.4. The maximum Gasteiger partial charge on any atom is 0.326 e. The van der Waals surface area contributed by atoms with Crippen molar-refractivity contribution in [3.05, 3.63) is 0 Å². The number of urea groups is 1. The smallest absolute Gasteiger partial charge is 0.326 e. The van der Waals surface area contributed by atoms with Crippen LogP contribution in [0, 0.1) is 0 Å². The lowest BCUT2D eigenvalue weighted by molar-refractivity contribution is -0.142. The third kappa shape index (κ3) is 4.76. The number of nitrogens with zero attached hydrogens (tertiary/aromatic N) is 1. The maximum atomic E-state index is 12.0. The Balaban J connectivity index is 2.48. The third-order valence-electron chi connectivity index (χ3n) is 3.10. The summed E-state index contributed by atoms with van der Waals surface area (Å²) in [7, 11) is 0. The summed E-state index contributed by atoms with van der Waals surface area (Å²) < 4.78 is 0. The standard InChI is InChI=1S/C12H22N2O3S/c1-18-9-5-7-13-12(17)14-8-4-2-3-6-10(14)11(15)16/h10H,2-9H2,1H3,(H,13,17)(H,15,16). The van der Waals surface area contributed by atoms with Gasteiger partial charge in [0.2, 0.25) is 0 Å². The van der Waals surface area contributed by atoms with Crippen LogP contribution < -0.4 is 5.32 Å². The molecule has 0 aliphatic carbocycles. The van der Waals surface area contributed by atoms with Crippen molar-refractivity contribution in [1.82, 2.24) is 10.2 Å². The number of carboxylic acids is 1. The second-order valence-corrected chi connectivity index (χ2v) is 5.46. The Labute approximate surface area is 112 Å². The summed E-state index contributed by atoms with van der Waals surface area (Å²) in [5, 5.41) is 12.0. The number of nitrogens with one attached hydrogen (secondary N) is 1. The van der Waals surface area contributed by atoms with E-state index in [0.29, 0.717) is 19.5 Å². The predicted molar refractivity (Wildman–Crippen MR) is 73.0 cm³/mol. The van der Waals surface area contributed by atoms with Gasteiger partial charge in [-0.05, 0) is 31.3 Å². The lowest BCUT2D eigenvalue weighted by Gasteiger charge is -2.27. The van der Waals surface area contributed by atoms with Gasteiger partial charge in [-0.3, -0.25) is 0 Å². The maximum absolute atomic E-state index is 12.0. The van der Waals surface area contributed by atoms with Crippen molar-refractivity contribution in [1.29, 1.82) is 0 Å². The quantitative estimate of drug-likeness (QED) is 0.750. The number of aliphatic carboxylic acids is 1. The van der Waals surface area contributed by atoms with Gasteiger partial charge in [0.15, 0.2) is 0 Å².